The SMILES string of the molecule is Cc1cc(Br)ccc1-n1ncc(CNC2CC2)c1C. The molecule has 1 aromatic heterocycles. The lowest BCUT2D eigenvalue weighted by Gasteiger charge is -2.09. The van der Waals surface area contributed by atoms with Crippen LogP contribution in [0, 0.1) is 13.8 Å². The number of nitrogens with zero attached hydrogens (tertiary/aromatic N) is 2. The second-order valence-corrected chi connectivity index (χ2v) is 6.17. The van der Waals surface area contributed by atoms with Gasteiger partial charge in [-0.2, -0.15) is 5.10 Å². The van der Waals surface area contributed by atoms with E-state index in [-0.39, 0.29) is 0 Å². The Bertz CT molecular complexity index is 599. The molecule has 1 aliphatic carbocycles. The van der Waals surface area contributed by atoms with Gasteiger partial charge in [0.05, 0.1) is 11.9 Å². The van der Waals surface area contributed by atoms with Crippen LogP contribution in [-0.4, -0.2) is 15.8 Å². The fourth-order valence-corrected chi connectivity index (χ4v) is 2.73. The number of halogens is 1. The summed E-state index contributed by atoms with van der Waals surface area (Å²) in [6, 6.07) is 7.03. The van der Waals surface area contributed by atoms with E-state index in [1.807, 2.05) is 10.9 Å². The topological polar surface area (TPSA) is 29.9 Å². The number of aromatic nitrogens is 2. The van der Waals surface area contributed by atoms with Crippen LogP contribution >= 0.6 is 15.9 Å². The Morgan fingerprint density at radius 2 is 2.16 bits per heavy atom. The Morgan fingerprint density at radius 1 is 1.37 bits per heavy atom. The summed E-state index contributed by atoms with van der Waals surface area (Å²) in [6.45, 7) is 5.17. The number of hydrogen-bond donors (Lipinski definition) is 1. The quantitative estimate of drug-likeness (QED) is 0.934. The molecule has 0 saturated heterocycles. The lowest BCUT2D eigenvalue weighted by molar-refractivity contribution is 0.684. The molecule has 0 spiro atoms. The maximum atomic E-state index is 4.54. The van der Waals surface area contributed by atoms with Gasteiger partial charge in [0, 0.05) is 28.3 Å². The predicted molar refractivity (Wildman–Crippen MR) is 80.6 cm³/mol. The molecule has 0 atom stereocenters. The second-order valence-electron chi connectivity index (χ2n) is 5.25. The molecule has 1 fully saturated rings. The minimum Gasteiger partial charge on any atom is -0.310 e. The Morgan fingerprint density at radius 3 is 2.84 bits per heavy atom. The third-order valence-corrected chi connectivity index (χ3v) is 4.15. The average Bonchev–Trinajstić information content (AvgIpc) is 3.13. The third-order valence-electron chi connectivity index (χ3n) is 3.66. The van der Waals surface area contributed by atoms with Crippen LogP contribution in [0.4, 0.5) is 0 Å². The molecule has 3 rings (SSSR count). The Kier molecular flexibility index (Phi) is 3.46. The number of nitrogens with one attached hydrogen (secondary N) is 1. The number of hydrogen-bond acceptors (Lipinski definition) is 2. The molecule has 1 heterocycles. The van der Waals surface area contributed by atoms with Crippen LogP contribution in [0.3, 0.4) is 0 Å². The Hall–Kier alpha value is -1.13. The molecule has 1 aromatic carbocycles. The third kappa shape index (κ3) is 2.74. The highest BCUT2D eigenvalue weighted by molar-refractivity contribution is 9.10. The minimum atomic E-state index is 0.733. The zero-order valence-corrected chi connectivity index (χ0v) is 12.9. The van der Waals surface area contributed by atoms with Crippen LogP contribution in [0.25, 0.3) is 5.69 Å². The molecule has 0 radical (unpaired) electrons. The lowest BCUT2D eigenvalue weighted by atomic mass is 10.2. The number of rotatable bonds is 4. The first-order valence-electron chi connectivity index (χ1n) is 6.68. The van der Waals surface area contributed by atoms with Crippen LogP contribution in [0.2, 0.25) is 0 Å². The van der Waals surface area contributed by atoms with Gasteiger partial charge in [-0.05, 0) is 50.5 Å². The summed E-state index contributed by atoms with van der Waals surface area (Å²) in [6.07, 6.45) is 4.62. The molecule has 1 N–H and O–H groups in total. The van der Waals surface area contributed by atoms with E-state index in [9.17, 15) is 0 Å². The highest BCUT2D eigenvalue weighted by Gasteiger charge is 2.21. The first-order chi connectivity index (χ1) is 9.15. The van der Waals surface area contributed by atoms with Gasteiger partial charge in [-0.25, -0.2) is 4.68 Å². The standard InChI is InChI=1S/C15H18BrN3/c1-10-7-13(16)3-6-15(10)19-11(2)12(9-18-19)8-17-14-4-5-14/h3,6-7,9,14,17H,4-5,8H2,1-2H3. The van der Waals surface area contributed by atoms with E-state index in [2.05, 4.69) is 58.4 Å². The van der Waals surface area contributed by atoms with E-state index in [1.165, 1.54) is 29.7 Å². The molecule has 3 nitrogen and oxygen atoms in total. The highest BCUT2D eigenvalue weighted by atomic mass is 79.9. The van der Waals surface area contributed by atoms with Gasteiger partial charge in [0.1, 0.15) is 0 Å². The van der Waals surface area contributed by atoms with Crippen LogP contribution in [0.1, 0.15) is 29.7 Å². The van der Waals surface area contributed by atoms with E-state index in [1.54, 1.807) is 0 Å². The molecule has 0 unspecified atom stereocenters. The van der Waals surface area contributed by atoms with Gasteiger partial charge in [-0.1, -0.05) is 15.9 Å². The zero-order valence-electron chi connectivity index (χ0n) is 11.3. The maximum absolute atomic E-state index is 4.54. The molecule has 2 aromatic rings. The van der Waals surface area contributed by atoms with Crippen molar-refractivity contribution in [3.8, 4) is 5.69 Å². The van der Waals surface area contributed by atoms with E-state index < -0.39 is 0 Å². The van der Waals surface area contributed by atoms with Crippen molar-refractivity contribution in [3.63, 3.8) is 0 Å². The molecule has 4 heteroatoms. The highest BCUT2D eigenvalue weighted by Crippen LogP contribution is 2.23. The van der Waals surface area contributed by atoms with Gasteiger partial charge < -0.3 is 5.32 Å². The minimum absolute atomic E-state index is 0.733. The molecule has 1 saturated carbocycles. The van der Waals surface area contributed by atoms with Crippen molar-refractivity contribution < 1.29 is 0 Å². The molecule has 100 valence electrons. The van der Waals surface area contributed by atoms with Crippen LogP contribution in [0.15, 0.2) is 28.9 Å². The summed E-state index contributed by atoms with van der Waals surface area (Å²) in [7, 11) is 0. The van der Waals surface area contributed by atoms with Crippen molar-refractivity contribution in [1.29, 1.82) is 0 Å². The van der Waals surface area contributed by atoms with E-state index in [0.717, 1.165) is 22.7 Å². The molecule has 1 aliphatic rings. The smallest absolute Gasteiger partial charge is 0.0678 e. The first-order valence-corrected chi connectivity index (χ1v) is 7.48. The predicted octanol–water partition coefficient (Wildman–Crippen LogP) is 3.50. The number of benzene rings is 1. The van der Waals surface area contributed by atoms with Crippen molar-refractivity contribution in [2.75, 3.05) is 0 Å². The molecule has 0 amide bonds. The zero-order chi connectivity index (χ0) is 13.4. The molecule has 19 heavy (non-hydrogen) atoms. The van der Waals surface area contributed by atoms with Gasteiger partial charge in [-0.3, -0.25) is 0 Å². The van der Waals surface area contributed by atoms with Crippen LogP contribution in [0.5, 0.6) is 0 Å². The van der Waals surface area contributed by atoms with Crippen molar-refractivity contribution in [2.24, 2.45) is 0 Å². The van der Waals surface area contributed by atoms with Gasteiger partial charge in [0.15, 0.2) is 0 Å². The first kappa shape index (κ1) is 12.9. The lowest BCUT2D eigenvalue weighted by Crippen LogP contribution is -2.15. The molecule has 0 bridgehead atoms. The van der Waals surface area contributed by atoms with Crippen molar-refractivity contribution in [3.05, 3.63) is 45.7 Å². The summed E-state index contributed by atoms with van der Waals surface area (Å²) < 4.78 is 3.14. The van der Waals surface area contributed by atoms with Crippen molar-refractivity contribution in [2.45, 2.75) is 39.3 Å². The second kappa shape index (κ2) is 5.10. The van der Waals surface area contributed by atoms with Gasteiger partial charge in [0.2, 0.25) is 0 Å². The molecule has 0 aliphatic heterocycles. The summed E-state index contributed by atoms with van der Waals surface area (Å²) in [5, 5.41) is 8.08. The molecular formula is C15H18BrN3. The largest absolute Gasteiger partial charge is 0.310 e. The Labute approximate surface area is 122 Å². The van der Waals surface area contributed by atoms with Crippen LogP contribution in [-0.2, 0) is 6.54 Å². The van der Waals surface area contributed by atoms with Crippen molar-refractivity contribution in [1.82, 2.24) is 15.1 Å². The van der Waals surface area contributed by atoms with E-state index in [0.29, 0.717) is 0 Å². The fraction of sp³-hybridized carbons (Fsp3) is 0.400. The van der Waals surface area contributed by atoms with Gasteiger partial charge in [-0.15, -0.1) is 0 Å². The fourth-order valence-electron chi connectivity index (χ4n) is 2.26. The maximum Gasteiger partial charge on any atom is 0.0678 e. The van der Waals surface area contributed by atoms with Gasteiger partial charge in [0.25, 0.3) is 0 Å². The van der Waals surface area contributed by atoms with E-state index >= 15 is 0 Å². The van der Waals surface area contributed by atoms with E-state index in [4.69, 9.17) is 0 Å². The number of aryl methyl sites for hydroxylation is 1. The summed E-state index contributed by atoms with van der Waals surface area (Å²) in [5.41, 5.74) is 4.88. The van der Waals surface area contributed by atoms with Crippen molar-refractivity contribution >= 4 is 15.9 Å². The summed E-state index contributed by atoms with van der Waals surface area (Å²) >= 11 is 3.50. The summed E-state index contributed by atoms with van der Waals surface area (Å²) in [5.74, 6) is 0. The van der Waals surface area contributed by atoms with Crippen LogP contribution < -0.4 is 5.32 Å². The Balaban J connectivity index is 1.87. The average molecular weight is 320 g/mol. The van der Waals surface area contributed by atoms with Gasteiger partial charge >= 0.3 is 0 Å². The normalized spacial score (nSPS) is 14.9. The monoisotopic (exact) mass is 319 g/mol. The summed E-state index contributed by atoms with van der Waals surface area (Å²) in [4.78, 5) is 0. The molecular weight excluding hydrogens is 302 g/mol.